The van der Waals surface area contributed by atoms with Gasteiger partial charge in [-0.05, 0) is 24.6 Å². The molecule has 1 aromatic carbocycles. The predicted molar refractivity (Wildman–Crippen MR) is 58.5 cm³/mol. The molecule has 0 saturated heterocycles. The molecule has 0 radical (unpaired) electrons. The zero-order valence-electron chi connectivity index (χ0n) is 8.37. The summed E-state index contributed by atoms with van der Waals surface area (Å²) in [5.41, 5.74) is 2.05. The van der Waals surface area contributed by atoms with Crippen molar-refractivity contribution < 1.29 is 9.53 Å². The fourth-order valence-corrected chi connectivity index (χ4v) is 1.30. The van der Waals surface area contributed by atoms with Crippen LogP contribution in [-0.2, 0) is 4.79 Å². The van der Waals surface area contributed by atoms with Crippen molar-refractivity contribution in [3.63, 3.8) is 0 Å². The van der Waals surface area contributed by atoms with Gasteiger partial charge >= 0.3 is 0 Å². The van der Waals surface area contributed by atoms with Crippen molar-refractivity contribution in [1.82, 2.24) is 5.43 Å². The molecule has 0 aromatic heterocycles. The Kier molecular flexibility index (Phi) is 4.39. The third-order valence-corrected chi connectivity index (χ3v) is 2.12. The number of hydrazine groups is 1. The molecule has 82 valence electrons. The number of ether oxygens (including phenoxy) is 1. The number of hydrogen-bond acceptors (Lipinski definition) is 3. The lowest BCUT2D eigenvalue weighted by atomic mass is 10.2. The smallest absolute Gasteiger partial charge is 0.274 e. The highest BCUT2D eigenvalue weighted by atomic mass is 35.5. The average Bonchev–Trinajstić information content (AvgIpc) is 2.25. The molecule has 0 spiro atoms. The molecular formula is C10H13ClN2O2. The van der Waals surface area contributed by atoms with Crippen LogP contribution in [0.5, 0.6) is 5.75 Å². The quantitative estimate of drug-likeness (QED) is 0.466. The van der Waals surface area contributed by atoms with E-state index in [9.17, 15) is 4.79 Å². The summed E-state index contributed by atoms with van der Waals surface area (Å²) in [6.45, 7) is 1.84. The van der Waals surface area contributed by atoms with Crippen molar-refractivity contribution in [2.24, 2.45) is 5.84 Å². The van der Waals surface area contributed by atoms with Gasteiger partial charge in [-0.2, -0.15) is 0 Å². The Morgan fingerprint density at radius 1 is 1.67 bits per heavy atom. The number of benzene rings is 1. The van der Waals surface area contributed by atoms with Gasteiger partial charge in [0.25, 0.3) is 5.91 Å². The van der Waals surface area contributed by atoms with Gasteiger partial charge in [0.2, 0.25) is 0 Å². The standard InChI is InChI=1S/C10H13ClN2O2/c1-2-9(10(14)13-12)15-8-5-3-4-7(11)6-8/h3-6,9H,2,12H2,1H3,(H,13,14). The lowest BCUT2D eigenvalue weighted by molar-refractivity contribution is -0.128. The molecule has 4 nitrogen and oxygen atoms in total. The normalized spacial score (nSPS) is 11.9. The summed E-state index contributed by atoms with van der Waals surface area (Å²) in [7, 11) is 0. The van der Waals surface area contributed by atoms with Crippen LogP contribution in [0.15, 0.2) is 24.3 Å². The van der Waals surface area contributed by atoms with Gasteiger partial charge in [-0.1, -0.05) is 24.6 Å². The largest absolute Gasteiger partial charge is 0.481 e. The third-order valence-electron chi connectivity index (χ3n) is 1.88. The van der Waals surface area contributed by atoms with Crippen LogP contribution < -0.4 is 16.0 Å². The molecule has 0 aliphatic heterocycles. The minimum Gasteiger partial charge on any atom is -0.481 e. The second kappa shape index (κ2) is 5.58. The Labute approximate surface area is 93.3 Å². The van der Waals surface area contributed by atoms with Gasteiger partial charge < -0.3 is 4.74 Å². The molecule has 0 heterocycles. The molecular weight excluding hydrogens is 216 g/mol. The second-order valence-corrected chi connectivity index (χ2v) is 3.42. The minimum atomic E-state index is -0.589. The van der Waals surface area contributed by atoms with Crippen LogP contribution in [0.3, 0.4) is 0 Å². The Morgan fingerprint density at radius 2 is 2.40 bits per heavy atom. The maximum Gasteiger partial charge on any atom is 0.274 e. The molecule has 1 unspecified atom stereocenters. The average molecular weight is 229 g/mol. The molecule has 3 N–H and O–H groups in total. The van der Waals surface area contributed by atoms with E-state index >= 15 is 0 Å². The van der Waals surface area contributed by atoms with Gasteiger partial charge in [0.05, 0.1) is 0 Å². The van der Waals surface area contributed by atoms with Crippen molar-refractivity contribution >= 4 is 17.5 Å². The van der Waals surface area contributed by atoms with Gasteiger partial charge in [0.15, 0.2) is 6.10 Å². The maximum absolute atomic E-state index is 11.2. The monoisotopic (exact) mass is 228 g/mol. The number of carbonyl (C=O) groups excluding carboxylic acids is 1. The summed E-state index contributed by atoms with van der Waals surface area (Å²) in [5.74, 6) is 5.23. The van der Waals surface area contributed by atoms with Gasteiger partial charge in [-0.25, -0.2) is 5.84 Å². The number of nitrogens with one attached hydrogen (secondary N) is 1. The van der Waals surface area contributed by atoms with Crippen LogP contribution >= 0.6 is 11.6 Å². The molecule has 1 aromatic rings. The van der Waals surface area contributed by atoms with E-state index < -0.39 is 6.10 Å². The van der Waals surface area contributed by atoms with Crippen molar-refractivity contribution in [3.05, 3.63) is 29.3 Å². The van der Waals surface area contributed by atoms with Crippen LogP contribution in [0.25, 0.3) is 0 Å². The van der Waals surface area contributed by atoms with Crippen molar-refractivity contribution in [1.29, 1.82) is 0 Å². The SMILES string of the molecule is CCC(Oc1cccc(Cl)c1)C(=O)NN. The molecule has 0 bridgehead atoms. The Bertz CT molecular complexity index is 344. The van der Waals surface area contributed by atoms with Crippen molar-refractivity contribution in [2.75, 3.05) is 0 Å². The highest BCUT2D eigenvalue weighted by Gasteiger charge is 2.16. The fraction of sp³-hybridized carbons (Fsp3) is 0.300. The van der Waals surface area contributed by atoms with Gasteiger partial charge in [0, 0.05) is 5.02 Å². The first-order valence-electron chi connectivity index (χ1n) is 4.60. The summed E-state index contributed by atoms with van der Waals surface area (Å²) < 4.78 is 5.42. The van der Waals surface area contributed by atoms with Gasteiger partial charge in [-0.3, -0.25) is 10.2 Å². The van der Waals surface area contributed by atoms with E-state index in [0.717, 1.165) is 0 Å². The lowest BCUT2D eigenvalue weighted by Gasteiger charge is -2.15. The molecule has 1 rings (SSSR count). The summed E-state index contributed by atoms with van der Waals surface area (Å²) in [5, 5.41) is 0.565. The summed E-state index contributed by atoms with van der Waals surface area (Å²) in [6.07, 6.45) is -0.0521. The summed E-state index contributed by atoms with van der Waals surface area (Å²) >= 11 is 5.78. The Hall–Kier alpha value is -1.26. The molecule has 15 heavy (non-hydrogen) atoms. The number of halogens is 1. The zero-order chi connectivity index (χ0) is 11.3. The molecule has 1 atom stereocenters. The van der Waals surface area contributed by atoms with E-state index in [1.807, 2.05) is 6.92 Å². The van der Waals surface area contributed by atoms with Crippen molar-refractivity contribution in [3.8, 4) is 5.75 Å². The molecule has 5 heteroatoms. The topological polar surface area (TPSA) is 64.3 Å². The Balaban J connectivity index is 2.70. The molecule has 1 amide bonds. The molecule has 0 aliphatic rings. The molecule has 0 aliphatic carbocycles. The van der Waals surface area contributed by atoms with Crippen LogP contribution in [-0.4, -0.2) is 12.0 Å². The van der Waals surface area contributed by atoms with Crippen molar-refractivity contribution in [2.45, 2.75) is 19.4 Å². The van der Waals surface area contributed by atoms with E-state index in [4.69, 9.17) is 22.2 Å². The van der Waals surface area contributed by atoms with Crippen LogP contribution in [0, 0.1) is 0 Å². The molecule has 0 fully saturated rings. The first-order valence-corrected chi connectivity index (χ1v) is 4.97. The number of rotatable bonds is 4. The van der Waals surface area contributed by atoms with Crippen LogP contribution in [0.1, 0.15) is 13.3 Å². The fourth-order valence-electron chi connectivity index (χ4n) is 1.12. The van der Waals surface area contributed by atoms with Crippen LogP contribution in [0.2, 0.25) is 5.02 Å². The number of carbonyl (C=O) groups is 1. The highest BCUT2D eigenvalue weighted by molar-refractivity contribution is 6.30. The van der Waals surface area contributed by atoms with E-state index in [1.54, 1.807) is 24.3 Å². The van der Waals surface area contributed by atoms with Crippen LogP contribution in [0.4, 0.5) is 0 Å². The lowest BCUT2D eigenvalue weighted by Crippen LogP contribution is -2.41. The zero-order valence-corrected chi connectivity index (χ0v) is 9.12. The summed E-state index contributed by atoms with van der Waals surface area (Å²) in [4.78, 5) is 11.2. The number of nitrogens with two attached hydrogens (primary N) is 1. The maximum atomic E-state index is 11.2. The minimum absolute atomic E-state index is 0.350. The highest BCUT2D eigenvalue weighted by Crippen LogP contribution is 2.18. The van der Waals surface area contributed by atoms with Gasteiger partial charge in [0.1, 0.15) is 5.75 Å². The second-order valence-electron chi connectivity index (χ2n) is 2.98. The first-order chi connectivity index (χ1) is 7.17. The van der Waals surface area contributed by atoms with E-state index in [0.29, 0.717) is 17.2 Å². The van der Waals surface area contributed by atoms with E-state index in [1.165, 1.54) is 0 Å². The Morgan fingerprint density at radius 3 is 2.93 bits per heavy atom. The summed E-state index contributed by atoms with van der Waals surface area (Å²) in [6, 6.07) is 6.87. The third kappa shape index (κ3) is 3.42. The molecule has 0 saturated carbocycles. The predicted octanol–water partition coefficient (Wildman–Crippen LogP) is 1.49. The number of amides is 1. The first kappa shape index (κ1) is 11.8. The van der Waals surface area contributed by atoms with E-state index in [-0.39, 0.29) is 5.91 Å². The van der Waals surface area contributed by atoms with E-state index in [2.05, 4.69) is 5.43 Å². The van der Waals surface area contributed by atoms with Gasteiger partial charge in [-0.15, -0.1) is 0 Å². The number of hydrogen-bond donors (Lipinski definition) is 2.